The average molecular weight is 452 g/mol. The number of aryl methyl sites for hydroxylation is 1. The number of nitrogens with one attached hydrogen (secondary N) is 1. The number of hydrogen-bond acceptors (Lipinski definition) is 7. The Kier molecular flexibility index (Phi) is 5.73. The van der Waals surface area contributed by atoms with E-state index in [0.717, 1.165) is 61.4 Å². The predicted molar refractivity (Wildman–Crippen MR) is 128 cm³/mol. The number of nitrogens with zero attached hydrogens (tertiary/aromatic N) is 4. The number of imide groups is 1. The highest BCUT2D eigenvalue weighted by Crippen LogP contribution is 2.39. The molecule has 2 saturated heterocycles. The van der Waals surface area contributed by atoms with E-state index in [9.17, 15) is 9.59 Å². The van der Waals surface area contributed by atoms with E-state index in [1.54, 1.807) is 11.3 Å². The summed E-state index contributed by atoms with van der Waals surface area (Å²) in [6, 6.07) is 10.4. The number of likely N-dealkylation sites (tertiary alicyclic amines) is 1. The second kappa shape index (κ2) is 8.67. The molecule has 7 nitrogen and oxygen atoms in total. The van der Waals surface area contributed by atoms with Gasteiger partial charge in [0.05, 0.1) is 16.9 Å². The highest BCUT2D eigenvalue weighted by atomic mass is 32.1. The molecule has 0 saturated carbocycles. The Morgan fingerprint density at radius 1 is 1.12 bits per heavy atom. The minimum Gasteiger partial charge on any atom is -0.353 e. The quantitative estimate of drug-likeness (QED) is 0.720. The molecule has 1 atom stereocenters. The minimum absolute atomic E-state index is 0.0121. The fourth-order valence-corrected chi connectivity index (χ4v) is 5.63. The molecule has 0 aliphatic carbocycles. The molecular weight excluding hydrogens is 422 g/mol. The van der Waals surface area contributed by atoms with Crippen molar-refractivity contribution in [2.24, 2.45) is 10.9 Å². The summed E-state index contributed by atoms with van der Waals surface area (Å²) in [5, 5.41) is 4.73. The SMILES string of the molecule is Cc1cc2c(s1)Nc1ccccc1N=C2N1CCN(CCCN2C(=O)CC(C)C2=O)CC1. The van der Waals surface area contributed by atoms with E-state index in [1.807, 2.05) is 19.1 Å². The van der Waals surface area contributed by atoms with E-state index < -0.39 is 0 Å². The van der Waals surface area contributed by atoms with Gasteiger partial charge in [-0.05, 0) is 38.1 Å². The van der Waals surface area contributed by atoms with Crippen LogP contribution in [0.1, 0.15) is 30.2 Å². The fraction of sp³-hybridized carbons (Fsp3) is 0.458. The number of rotatable bonds is 4. The van der Waals surface area contributed by atoms with Crippen LogP contribution in [0.2, 0.25) is 0 Å². The molecule has 3 aliphatic rings. The molecule has 1 unspecified atom stereocenters. The Bertz CT molecular complexity index is 1070. The molecule has 0 spiro atoms. The number of piperazine rings is 1. The zero-order valence-electron chi connectivity index (χ0n) is 18.6. The topological polar surface area (TPSA) is 68.2 Å². The molecule has 168 valence electrons. The molecule has 32 heavy (non-hydrogen) atoms. The normalized spacial score (nSPS) is 21.2. The molecule has 5 rings (SSSR count). The number of amidine groups is 1. The molecule has 2 aromatic rings. The van der Waals surface area contributed by atoms with Crippen LogP contribution in [0, 0.1) is 12.8 Å². The first-order valence-corrected chi connectivity index (χ1v) is 12.2. The maximum atomic E-state index is 12.1. The number of benzene rings is 1. The summed E-state index contributed by atoms with van der Waals surface area (Å²) in [4.78, 5) is 36.7. The first-order chi connectivity index (χ1) is 15.5. The van der Waals surface area contributed by atoms with Gasteiger partial charge in [0.25, 0.3) is 0 Å². The van der Waals surface area contributed by atoms with Gasteiger partial charge in [-0.3, -0.25) is 19.4 Å². The Morgan fingerprint density at radius 2 is 1.91 bits per heavy atom. The first kappa shape index (κ1) is 21.2. The third-order valence-corrected chi connectivity index (χ3v) is 7.44. The van der Waals surface area contributed by atoms with Crippen molar-refractivity contribution in [3.63, 3.8) is 0 Å². The maximum absolute atomic E-state index is 12.1. The summed E-state index contributed by atoms with van der Waals surface area (Å²) in [5.74, 6) is 0.858. The number of hydrogen-bond donors (Lipinski definition) is 1. The van der Waals surface area contributed by atoms with Crippen molar-refractivity contribution in [2.75, 3.05) is 44.6 Å². The number of thiophene rings is 1. The standard InChI is InChI=1S/C24H29N5O2S/c1-16-14-21(30)29(24(16)31)9-5-8-27-10-12-28(13-11-27)22-18-15-17(2)32-23(18)26-20-7-4-3-6-19(20)25-22/h3-4,6-7,15-16,26H,5,8-14H2,1-2H3. The summed E-state index contributed by atoms with van der Waals surface area (Å²) in [5.41, 5.74) is 3.20. The van der Waals surface area contributed by atoms with E-state index >= 15 is 0 Å². The molecule has 0 bridgehead atoms. The lowest BCUT2D eigenvalue weighted by atomic mass is 10.1. The Balaban J connectivity index is 1.23. The van der Waals surface area contributed by atoms with Crippen molar-refractivity contribution < 1.29 is 9.59 Å². The lowest BCUT2D eigenvalue weighted by Crippen LogP contribution is -2.49. The molecule has 8 heteroatoms. The largest absolute Gasteiger partial charge is 0.353 e. The first-order valence-electron chi connectivity index (χ1n) is 11.4. The molecule has 2 fully saturated rings. The van der Waals surface area contributed by atoms with Crippen molar-refractivity contribution in [3.8, 4) is 0 Å². The number of para-hydroxylation sites is 2. The lowest BCUT2D eigenvalue weighted by Gasteiger charge is -2.36. The molecule has 0 radical (unpaired) electrons. The number of carbonyl (C=O) groups is 2. The van der Waals surface area contributed by atoms with E-state index in [2.05, 4.69) is 40.2 Å². The second-order valence-electron chi connectivity index (χ2n) is 8.85. The molecular formula is C24H29N5O2S. The molecule has 2 amide bonds. The van der Waals surface area contributed by atoms with E-state index in [-0.39, 0.29) is 17.7 Å². The lowest BCUT2D eigenvalue weighted by molar-refractivity contribution is -0.139. The van der Waals surface area contributed by atoms with Gasteiger partial charge >= 0.3 is 0 Å². The predicted octanol–water partition coefficient (Wildman–Crippen LogP) is 3.59. The number of carbonyl (C=O) groups excluding carboxylic acids is 2. The number of aliphatic imine (C=N–C) groups is 1. The number of fused-ring (bicyclic) bond motifs is 2. The highest BCUT2D eigenvalue weighted by Gasteiger charge is 2.35. The van der Waals surface area contributed by atoms with Gasteiger partial charge in [-0.2, -0.15) is 0 Å². The molecule has 1 aromatic carbocycles. The van der Waals surface area contributed by atoms with Crippen LogP contribution in [0.25, 0.3) is 0 Å². The van der Waals surface area contributed by atoms with E-state index in [0.29, 0.717) is 13.0 Å². The minimum atomic E-state index is -0.156. The van der Waals surface area contributed by atoms with Crippen LogP contribution in [0.3, 0.4) is 0 Å². The summed E-state index contributed by atoms with van der Waals surface area (Å²) >= 11 is 1.77. The Hall–Kier alpha value is -2.71. The smallest absolute Gasteiger partial charge is 0.232 e. The Morgan fingerprint density at radius 3 is 2.66 bits per heavy atom. The summed E-state index contributed by atoms with van der Waals surface area (Å²) in [7, 11) is 0. The monoisotopic (exact) mass is 451 g/mol. The van der Waals surface area contributed by atoms with Gasteiger partial charge in [-0.25, -0.2) is 4.99 Å². The van der Waals surface area contributed by atoms with Crippen molar-refractivity contribution in [3.05, 3.63) is 40.8 Å². The number of anilines is 2. The second-order valence-corrected chi connectivity index (χ2v) is 10.1. The van der Waals surface area contributed by atoms with E-state index in [4.69, 9.17) is 4.99 Å². The Labute approximate surface area is 192 Å². The molecule has 1 aromatic heterocycles. The van der Waals surface area contributed by atoms with Gasteiger partial charge in [0, 0.05) is 49.9 Å². The van der Waals surface area contributed by atoms with Crippen LogP contribution >= 0.6 is 11.3 Å². The van der Waals surface area contributed by atoms with Crippen molar-refractivity contribution in [1.29, 1.82) is 0 Å². The third kappa shape index (κ3) is 4.04. The van der Waals surface area contributed by atoms with Gasteiger partial charge in [0.15, 0.2) is 0 Å². The molecule has 1 N–H and O–H groups in total. The summed E-state index contributed by atoms with van der Waals surface area (Å²) in [6.07, 6.45) is 1.19. The fourth-order valence-electron chi connectivity index (χ4n) is 4.71. The van der Waals surface area contributed by atoms with Gasteiger partial charge in [0.1, 0.15) is 10.8 Å². The van der Waals surface area contributed by atoms with Gasteiger partial charge in [-0.1, -0.05) is 19.1 Å². The molecule has 4 heterocycles. The van der Waals surface area contributed by atoms with Crippen LogP contribution in [0.4, 0.5) is 16.4 Å². The van der Waals surface area contributed by atoms with Gasteiger partial charge < -0.3 is 10.2 Å². The molecule has 3 aliphatic heterocycles. The zero-order valence-corrected chi connectivity index (χ0v) is 19.5. The van der Waals surface area contributed by atoms with Gasteiger partial charge in [0.2, 0.25) is 11.8 Å². The highest BCUT2D eigenvalue weighted by molar-refractivity contribution is 7.16. The summed E-state index contributed by atoms with van der Waals surface area (Å²) in [6.45, 7) is 9.13. The van der Waals surface area contributed by atoms with Crippen LogP contribution in [-0.4, -0.2) is 71.6 Å². The van der Waals surface area contributed by atoms with Crippen molar-refractivity contribution >= 4 is 45.4 Å². The van der Waals surface area contributed by atoms with Gasteiger partial charge in [-0.15, -0.1) is 11.3 Å². The number of amides is 2. The third-order valence-electron chi connectivity index (χ3n) is 6.47. The van der Waals surface area contributed by atoms with Crippen LogP contribution in [0.5, 0.6) is 0 Å². The summed E-state index contributed by atoms with van der Waals surface area (Å²) < 4.78 is 0. The maximum Gasteiger partial charge on any atom is 0.232 e. The van der Waals surface area contributed by atoms with Crippen LogP contribution in [-0.2, 0) is 9.59 Å². The van der Waals surface area contributed by atoms with Crippen molar-refractivity contribution in [1.82, 2.24) is 14.7 Å². The van der Waals surface area contributed by atoms with Crippen molar-refractivity contribution in [2.45, 2.75) is 26.7 Å². The zero-order chi connectivity index (χ0) is 22.2. The van der Waals surface area contributed by atoms with E-state index in [1.165, 1.54) is 15.3 Å². The van der Waals surface area contributed by atoms with Crippen LogP contribution in [0.15, 0.2) is 35.3 Å². The van der Waals surface area contributed by atoms with Crippen LogP contribution < -0.4 is 5.32 Å². The average Bonchev–Trinajstić information content (AvgIpc) is 3.20.